The molecule has 0 radical (unpaired) electrons. The van der Waals surface area contributed by atoms with Gasteiger partial charge in [-0.2, -0.15) is 5.10 Å². The Bertz CT molecular complexity index is 1560. The van der Waals surface area contributed by atoms with E-state index in [9.17, 15) is 4.79 Å². The number of nitrogens with zero attached hydrogens (tertiary/aromatic N) is 5. The highest BCUT2D eigenvalue weighted by atomic mass is 35.5. The number of pyridine rings is 1. The lowest BCUT2D eigenvalue weighted by Crippen LogP contribution is -2.52. The molecule has 40 heavy (non-hydrogen) atoms. The molecule has 1 aliphatic heterocycles. The molecule has 0 aliphatic carbocycles. The fraction of sp³-hybridized carbons (Fsp3) is 0.296. The van der Waals surface area contributed by atoms with Gasteiger partial charge in [0.1, 0.15) is 22.7 Å². The molecular weight excluding hydrogens is 557 g/mol. The van der Waals surface area contributed by atoms with Crippen LogP contribution in [0, 0.1) is 0 Å². The normalized spacial score (nSPS) is 16.9. The van der Waals surface area contributed by atoms with Crippen molar-refractivity contribution < 1.29 is 19.0 Å². The molecule has 0 spiro atoms. The first-order chi connectivity index (χ1) is 19.3. The number of fused-ring (bicyclic) bond motifs is 1. The van der Waals surface area contributed by atoms with Gasteiger partial charge in [0, 0.05) is 48.6 Å². The Labute approximate surface area is 240 Å². The Morgan fingerprint density at radius 2 is 1.90 bits per heavy atom. The summed E-state index contributed by atoms with van der Waals surface area (Å²) < 4.78 is 18.2. The second-order valence-electron chi connectivity index (χ2n) is 9.11. The zero-order chi connectivity index (χ0) is 28.4. The summed E-state index contributed by atoms with van der Waals surface area (Å²) >= 11 is 13.4. The van der Waals surface area contributed by atoms with Gasteiger partial charge in [0.25, 0.3) is 0 Å². The Balaban J connectivity index is 1.62. The highest BCUT2D eigenvalue weighted by Crippen LogP contribution is 2.46. The molecule has 4 heterocycles. The van der Waals surface area contributed by atoms with Crippen molar-refractivity contribution >= 4 is 46.0 Å². The van der Waals surface area contributed by atoms with Crippen LogP contribution in [-0.4, -0.2) is 70.2 Å². The number of carbonyl (C=O) groups excluding carboxylic acids is 1. The van der Waals surface area contributed by atoms with E-state index in [1.165, 1.54) is 20.3 Å². The van der Waals surface area contributed by atoms with Crippen molar-refractivity contribution in [3.05, 3.63) is 53.4 Å². The summed E-state index contributed by atoms with van der Waals surface area (Å²) in [6, 6.07) is 3.01. The number of anilines is 1. The molecule has 3 aromatic heterocycles. The number of methoxy groups -OCH3 is 2. The number of carbonyl (C=O) groups is 1. The zero-order valence-corrected chi connectivity index (χ0v) is 23.6. The third-order valence-corrected chi connectivity index (χ3v) is 7.31. The molecule has 2 N–H and O–H groups in total. The van der Waals surface area contributed by atoms with Gasteiger partial charge in [-0.25, -0.2) is 15.0 Å². The summed E-state index contributed by atoms with van der Waals surface area (Å²) in [7, 11) is 4.85. The van der Waals surface area contributed by atoms with Crippen LogP contribution in [0.15, 0.2) is 43.4 Å². The Morgan fingerprint density at radius 1 is 1.15 bits per heavy atom. The number of halogens is 2. The van der Waals surface area contributed by atoms with Crippen LogP contribution in [0.4, 0.5) is 5.95 Å². The minimum Gasteiger partial charge on any atom is -0.495 e. The molecular formula is C27H27Cl2N7O4. The molecule has 1 aliphatic rings. The summed E-state index contributed by atoms with van der Waals surface area (Å²) in [4.78, 5) is 26.2. The molecule has 11 nitrogen and oxygen atoms in total. The highest BCUT2D eigenvalue weighted by molar-refractivity contribution is 6.41. The monoisotopic (exact) mass is 583 g/mol. The summed E-state index contributed by atoms with van der Waals surface area (Å²) in [6.07, 6.45) is 7.12. The molecule has 1 fully saturated rings. The van der Waals surface area contributed by atoms with Gasteiger partial charge < -0.3 is 24.8 Å². The summed E-state index contributed by atoms with van der Waals surface area (Å²) in [5.41, 5.74) is 2.80. The van der Waals surface area contributed by atoms with Crippen molar-refractivity contribution in [2.24, 2.45) is 7.05 Å². The van der Waals surface area contributed by atoms with Crippen LogP contribution in [0.3, 0.4) is 0 Å². The van der Waals surface area contributed by atoms with Gasteiger partial charge in [-0.3, -0.25) is 9.48 Å². The van der Waals surface area contributed by atoms with Crippen LogP contribution in [0.1, 0.15) is 6.42 Å². The van der Waals surface area contributed by atoms with Crippen LogP contribution in [0.2, 0.25) is 10.0 Å². The SMILES string of the molecule is C=CC(=O)N[C@H]1CCOC[C@H]1Nc1ncc2cc(-c3c(Cl)c(OC)cc(OC)c3Cl)nc(-c3cnn(C)c3)c2n1. The third kappa shape index (κ3) is 5.40. The topological polar surface area (TPSA) is 125 Å². The fourth-order valence-corrected chi connectivity index (χ4v) is 5.25. The van der Waals surface area contributed by atoms with Crippen LogP contribution in [0.5, 0.6) is 11.5 Å². The van der Waals surface area contributed by atoms with E-state index in [-0.39, 0.29) is 18.0 Å². The smallest absolute Gasteiger partial charge is 0.243 e. The van der Waals surface area contributed by atoms with Crippen molar-refractivity contribution in [3.8, 4) is 34.0 Å². The molecule has 13 heteroatoms. The lowest BCUT2D eigenvalue weighted by molar-refractivity contribution is -0.117. The Morgan fingerprint density at radius 3 is 2.55 bits per heavy atom. The van der Waals surface area contributed by atoms with Crippen molar-refractivity contribution in [3.63, 3.8) is 0 Å². The van der Waals surface area contributed by atoms with Gasteiger partial charge in [0.15, 0.2) is 0 Å². The maximum atomic E-state index is 12.0. The van der Waals surface area contributed by atoms with Gasteiger partial charge in [-0.05, 0) is 18.6 Å². The predicted molar refractivity (Wildman–Crippen MR) is 153 cm³/mol. The van der Waals surface area contributed by atoms with E-state index in [1.54, 1.807) is 23.1 Å². The molecule has 4 aromatic rings. The van der Waals surface area contributed by atoms with Crippen LogP contribution in [0.25, 0.3) is 33.4 Å². The number of hydrogen-bond donors (Lipinski definition) is 2. The maximum absolute atomic E-state index is 12.0. The summed E-state index contributed by atoms with van der Waals surface area (Å²) in [6.45, 7) is 4.45. The molecule has 1 aromatic carbocycles. The van der Waals surface area contributed by atoms with Crippen molar-refractivity contribution in [1.82, 2.24) is 30.0 Å². The first kappa shape index (κ1) is 27.6. The number of rotatable bonds is 8. The summed E-state index contributed by atoms with van der Waals surface area (Å²) in [5.74, 6) is 0.901. The second-order valence-corrected chi connectivity index (χ2v) is 9.86. The molecule has 0 saturated carbocycles. The van der Waals surface area contributed by atoms with Gasteiger partial charge in [-0.15, -0.1) is 0 Å². The number of ether oxygens (including phenoxy) is 3. The minimum absolute atomic E-state index is 0.177. The number of benzene rings is 1. The maximum Gasteiger partial charge on any atom is 0.243 e. The quantitative estimate of drug-likeness (QED) is 0.292. The Kier molecular flexibility index (Phi) is 8.06. The van der Waals surface area contributed by atoms with Gasteiger partial charge in [0.2, 0.25) is 11.9 Å². The second kappa shape index (κ2) is 11.7. The van der Waals surface area contributed by atoms with Crippen LogP contribution in [-0.2, 0) is 16.6 Å². The summed E-state index contributed by atoms with van der Waals surface area (Å²) in [5, 5.41) is 11.9. The largest absolute Gasteiger partial charge is 0.495 e. The van der Waals surface area contributed by atoms with Gasteiger partial charge in [-0.1, -0.05) is 29.8 Å². The minimum atomic E-state index is -0.250. The molecule has 0 bridgehead atoms. The predicted octanol–water partition coefficient (Wildman–Crippen LogP) is 4.29. The highest BCUT2D eigenvalue weighted by Gasteiger charge is 2.28. The standard InChI is InChI=1S/C27H27Cl2N7O4/c1-5-21(37)32-16-6-7-40-13-18(16)34-27-30-10-14-8-17(22-23(28)19(38-3)9-20(39-4)24(22)29)33-26(25(14)35-27)15-11-31-36(2)12-15/h5,8-12,16,18H,1,6-7,13H2,2-4H3,(H,32,37)(H,30,34,35)/t16-,18+/m0/s1. The zero-order valence-electron chi connectivity index (χ0n) is 22.1. The average Bonchev–Trinajstić information content (AvgIpc) is 3.40. The molecule has 0 unspecified atom stereocenters. The Hall–Kier alpha value is -3.93. The first-order valence-electron chi connectivity index (χ1n) is 12.4. The van der Waals surface area contributed by atoms with E-state index in [0.29, 0.717) is 75.0 Å². The van der Waals surface area contributed by atoms with Crippen molar-refractivity contribution in [2.75, 3.05) is 32.8 Å². The lowest BCUT2D eigenvalue weighted by Gasteiger charge is -2.32. The number of hydrogen-bond acceptors (Lipinski definition) is 9. The number of amides is 1. The van der Waals surface area contributed by atoms with Crippen molar-refractivity contribution in [2.45, 2.75) is 18.5 Å². The van der Waals surface area contributed by atoms with E-state index in [1.807, 2.05) is 19.3 Å². The average molecular weight is 584 g/mol. The first-order valence-corrected chi connectivity index (χ1v) is 13.1. The number of aromatic nitrogens is 5. The fourth-order valence-electron chi connectivity index (χ4n) is 4.55. The number of nitrogens with one attached hydrogen (secondary N) is 2. The van der Waals surface area contributed by atoms with Crippen LogP contribution >= 0.6 is 23.2 Å². The number of aryl methyl sites for hydroxylation is 1. The molecule has 1 amide bonds. The van der Waals surface area contributed by atoms with E-state index in [4.69, 9.17) is 47.4 Å². The van der Waals surface area contributed by atoms with Crippen molar-refractivity contribution in [1.29, 1.82) is 0 Å². The molecule has 1 saturated heterocycles. The van der Waals surface area contributed by atoms with E-state index in [0.717, 1.165) is 5.56 Å². The van der Waals surface area contributed by atoms with E-state index in [2.05, 4.69) is 27.3 Å². The third-order valence-electron chi connectivity index (χ3n) is 6.56. The lowest BCUT2D eigenvalue weighted by atomic mass is 10.0. The van der Waals surface area contributed by atoms with E-state index >= 15 is 0 Å². The van der Waals surface area contributed by atoms with Gasteiger partial charge in [0.05, 0.1) is 54.8 Å². The molecule has 208 valence electrons. The molecule has 2 atom stereocenters. The van der Waals surface area contributed by atoms with Crippen LogP contribution < -0.4 is 20.1 Å². The van der Waals surface area contributed by atoms with Gasteiger partial charge >= 0.3 is 0 Å². The molecule has 5 rings (SSSR count). The van der Waals surface area contributed by atoms with E-state index < -0.39 is 0 Å².